The first-order chi connectivity index (χ1) is 9.09. The number of nitrogens with one attached hydrogen (secondary N) is 1. The van der Waals surface area contributed by atoms with E-state index < -0.39 is 0 Å². The topological polar surface area (TPSA) is 32.3 Å². The first kappa shape index (κ1) is 14.5. The molecule has 1 fully saturated rings. The predicted molar refractivity (Wildman–Crippen MR) is 80.2 cm³/mol. The van der Waals surface area contributed by atoms with Crippen LogP contribution in [0.25, 0.3) is 0 Å². The van der Waals surface area contributed by atoms with E-state index in [2.05, 4.69) is 43.6 Å². The summed E-state index contributed by atoms with van der Waals surface area (Å²) in [5.74, 6) is 0.323. The summed E-state index contributed by atoms with van der Waals surface area (Å²) in [4.78, 5) is 16.3. The first-order valence-corrected chi connectivity index (χ1v) is 8.01. The fourth-order valence-electron chi connectivity index (χ4n) is 2.74. The molecule has 3 nitrogen and oxygen atoms in total. The Balaban J connectivity index is 2.16. The van der Waals surface area contributed by atoms with Gasteiger partial charge in [0.05, 0.1) is 12.0 Å². The average Bonchev–Trinajstić information content (AvgIpc) is 3.06. The van der Waals surface area contributed by atoms with E-state index in [1.807, 2.05) is 4.90 Å². The maximum Gasteiger partial charge on any atom is 0.230 e. The third kappa shape index (κ3) is 3.00. The molecule has 2 heterocycles. The lowest BCUT2D eigenvalue weighted by molar-refractivity contribution is -0.143. The minimum absolute atomic E-state index is 0.179. The van der Waals surface area contributed by atoms with Crippen molar-refractivity contribution in [2.45, 2.75) is 46.2 Å². The van der Waals surface area contributed by atoms with Gasteiger partial charge in [-0.25, -0.2) is 0 Å². The Morgan fingerprint density at radius 1 is 1.58 bits per heavy atom. The van der Waals surface area contributed by atoms with Crippen molar-refractivity contribution in [3.05, 3.63) is 22.4 Å². The van der Waals surface area contributed by atoms with E-state index in [1.54, 1.807) is 11.3 Å². The van der Waals surface area contributed by atoms with Crippen LogP contribution in [0, 0.1) is 5.41 Å². The lowest BCUT2D eigenvalue weighted by Gasteiger charge is -2.35. The van der Waals surface area contributed by atoms with Crippen LogP contribution < -0.4 is 5.32 Å². The van der Waals surface area contributed by atoms with Crippen molar-refractivity contribution in [2.24, 2.45) is 5.41 Å². The van der Waals surface area contributed by atoms with Gasteiger partial charge in [-0.1, -0.05) is 13.0 Å². The summed E-state index contributed by atoms with van der Waals surface area (Å²) in [6.07, 6.45) is 1.89. The number of hydrogen-bond acceptors (Lipinski definition) is 3. The number of rotatable bonds is 5. The number of hydrogen-bond donors (Lipinski definition) is 1. The molecule has 1 aliphatic heterocycles. The van der Waals surface area contributed by atoms with Crippen LogP contribution in [0.4, 0.5) is 0 Å². The molecule has 0 aliphatic carbocycles. The van der Waals surface area contributed by atoms with Gasteiger partial charge in [0.25, 0.3) is 0 Å². The highest BCUT2D eigenvalue weighted by Gasteiger charge is 2.42. The number of carbonyl (C=O) groups is 1. The van der Waals surface area contributed by atoms with Gasteiger partial charge in [0.2, 0.25) is 5.91 Å². The van der Waals surface area contributed by atoms with Gasteiger partial charge in [0.1, 0.15) is 0 Å². The van der Waals surface area contributed by atoms with E-state index in [0.29, 0.717) is 5.91 Å². The van der Waals surface area contributed by atoms with Gasteiger partial charge in [-0.05, 0) is 44.7 Å². The van der Waals surface area contributed by atoms with Gasteiger partial charge in [0, 0.05) is 17.5 Å². The first-order valence-electron chi connectivity index (χ1n) is 7.13. The van der Waals surface area contributed by atoms with E-state index in [-0.39, 0.29) is 11.5 Å². The highest BCUT2D eigenvalue weighted by molar-refractivity contribution is 7.09. The molecule has 1 unspecified atom stereocenters. The van der Waals surface area contributed by atoms with E-state index in [0.717, 1.165) is 32.5 Å². The lowest BCUT2D eigenvalue weighted by Crippen LogP contribution is -2.47. The number of nitrogens with zero attached hydrogens (tertiary/aromatic N) is 1. The molecule has 1 saturated heterocycles. The highest BCUT2D eigenvalue weighted by atomic mass is 32.1. The maximum absolute atomic E-state index is 13.0. The second-order valence-corrected chi connectivity index (χ2v) is 6.70. The molecule has 106 valence electrons. The minimum atomic E-state index is -0.179. The Bertz CT molecular complexity index is 408. The van der Waals surface area contributed by atoms with Crippen LogP contribution in [0.5, 0.6) is 0 Å². The number of carbonyl (C=O) groups excluding carboxylic acids is 1. The normalized spacial score (nSPS) is 22.9. The van der Waals surface area contributed by atoms with Crippen molar-refractivity contribution in [2.75, 3.05) is 13.1 Å². The van der Waals surface area contributed by atoms with Crippen molar-refractivity contribution < 1.29 is 4.79 Å². The summed E-state index contributed by atoms with van der Waals surface area (Å²) in [5.41, 5.74) is -0.179. The van der Waals surface area contributed by atoms with Crippen LogP contribution >= 0.6 is 11.3 Å². The fourth-order valence-corrected chi connectivity index (χ4v) is 3.45. The summed E-state index contributed by atoms with van der Waals surface area (Å²) in [7, 11) is 0. The SMILES string of the molecule is CCC1(C(=O)N(Cc2cccs2)C(C)C)CCNC1. The molecule has 0 spiro atoms. The predicted octanol–water partition coefficient (Wildman–Crippen LogP) is 2.87. The van der Waals surface area contributed by atoms with Gasteiger partial charge >= 0.3 is 0 Å². The molecule has 1 aromatic rings. The van der Waals surface area contributed by atoms with Crippen molar-refractivity contribution in [1.29, 1.82) is 0 Å². The number of thiophene rings is 1. The van der Waals surface area contributed by atoms with Gasteiger partial charge in [-0.2, -0.15) is 0 Å². The van der Waals surface area contributed by atoms with Gasteiger partial charge in [-0.15, -0.1) is 11.3 Å². The van der Waals surface area contributed by atoms with Crippen LogP contribution in [0.3, 0.4) is 0 Å². The molecule has 1 amide bonds. The van der Waals surface area contributed by atoms with Gasteiger partial charge < -0.3 is 10.2 Å². The second-order valence-electron chi connectivity index (χ2n) is 5.67. The minimum Gasteiger partial charge on any atom is -0.335 e. The Hall–Kier alpha value is -0.870. The second kappa shape index (κ2) is 6.06. The smallest absolute Gasteiger partial charge is 0.230 e. The zero-order valence-electron chi connectivity index (χ0n) is 12.1. The monoisotopic (exact) mass is 280 g/mol. The maximum atomic E-state index is 13.0. The van der Waals surface area contributed by atoms with E-state index in [1.165, 1.54) is 4.88 Å². The van der Waals surface area contributed by atoms with Crippen LogP contribution in [0.2, 0.25) is 0 Å². The quantitative estimate of drug-likeness (QED) is 0.899. The molecule has 0 radical (unpaired) electrons. The summed E-state index contributed by atoms with van der Waals surface area (Å²) in [6, 6.07) is 4.41. The molecular formula is C15H24N2OS. The third-order valence-electron chi connectivity index (χ3n) is 4.16. The molecule has 0 bridgehead atoms. The molecular weight excluding hydrogens is 256 g/mol. The highest BCUT2D eigenvalue weighted by Crippen LogP contribution is 2.33. The fraction of sp³-hybridized carbons (Fsp3) is 0.667. The van der Waals surface area contributed by atoms with Crippen LogP contribution in [-0.4, -0.2) is 29.9 Å². The van der Waals surface area contributed by atoms with Crippen molar-refractivity contribution in [3.63, 3.8) is 0 Å². The molecule has 0 aromatic carbocycles. The Morgan fingerprint density at radius 3 is 2.84 bits per heavy atom. The Morgan fingerprint density at radius 2 is 2.37 bits per heavy atom. The van der Waals surface area contributed by atoms with Crippen molar-refractivity contribution in [1.82, 2.24) is 10.2 Å². The molecule has 2 rings (SSSR count). The molecule has 0 saturated carbocycles. The zero-order chi connectivity index (χ0) is 13.9. The molecule has 4 heteroatoms. The molecule has 1 aromatic heterocycles. The largest absolute Gasteiger partial charge is 0.335 e. The molecule has 19 heavy (non-hydrogen) atoms. The van der Waals surface area contributed by atoms with E-state index >= 15 is 0 Å². The molecule has 1 N–H and O–H groups in total. The van der Waals surface area contributed by atoms with Crippen LogP contribution in [-0.2, 0) is 11.3 Å². The van der Waals surface area contributed by atoms with Crippen LogP contribution in [0.1, 0.15) is 38.5 Å². The standard InChI is InChI=1S/C15H24N2OS/c1-4-15(7-8-16-11-15)14(18)17(12(2)3)10-13-6-5-9-19-13/h5-6,9,12,16H,4,7-8,10-11H2,1-3H3. The van der Waals surface area contributed by atoms with Crippen molar-refractivity contribution >= 4 is 17.2 Å². The average molecular weight is 280 g/mol. The van der Waals surface area contributed by atoms with E-state index in [9.17, 15) is 4.79 Å². The molecule has 1 atom stereocenters. The number of amides is 1. The third-order valence-corrected chi connectivity index (χ3v) is 5.03. The Kier molecular flexibility index (Phi) is 4.63. The summed E-state index contributed by atoms with van der Waals surface area (Å²) < 4.78 is 0. The Labute approximate surface area is 120 Å². The zero-order valence-corrected chi connectivity index (χ0v) is 12.9. The summed E-state index contributed by atoms with van der Waals surface area (Å²) in [5, 5.41) is 5.43. The van der Waals surface area contributed by atoms with Gasteiger partial charge in [0.15, 0.2) is 0 Å². The van der Waals surface area contributed by atoms with Gasteiger partial charge in [-0.3, -0.25) is 4.79 Å². The lowest BCUT2D eigenvalue weighted by atomic mass is 9.82. The molecule has 1 aliphatic rings. The van der Waals surface area contributed by atoms with Crippen molar-refractivity contribution in [3.8, 4) is 0 Å². The van der Waals surface area contributed by atoms with Crippen LogP contribution in [0.15, 0.2) is 17.5 Å². The summed E-state index contributed by atoms with van der Waals surface area (Å²) >= 11 is 1.73. The summed E-state index contributed by atoms with van der Waals surface area (Å²) in [6.45, 7) is 8.89. The van der Waals surface area contributed by atoms with E-state index in [4.69, 9.17) is 0 Å².